The van der Waals surface area contributed by atoms with E-state index < -0.39 is 11.7 Å². The van der Waals surface area contributed by atoms with E-state index in [1.54, 1.807) is 12.3 Å². The number of hydrogen-bond donors (Lipinski definition) is 2. The molecule has 3 aromatic rings. The molecule has 0 aliphatic heterocycles. The predicted molar refractivity (Wildman–Crippen MR) is 101 cm³/mol. The minimum absolute atomic E-state index is 0.353. The van der Waals surface area contributed by atoms with Gasteiger partial charge in [0, 0.05) is 12.7 Å². The lowest BCUT2D eigenvalue weighted by molar-refractivity contribution is -0.137. The molecule has 5 nitrogen and oxygen atoms in total. The van der Waals surface area contributed by atoms with Gasteiger partial charge in [-0.3, -0.25) is 0 Å². The molecule has 0 aliphatic carbocycles. The van der Waals surface area contributed by atoms with Gasteiger partial charge in [-0.2, -0.15) is 18.2 Å². The fourth-order valence-corrected chi connectivity index (χ4v) is 2.39. The zero-order valence-electron chi connectivity index (χ0n) is 14.9. The van der Waals surface area contributed by atoms with Crippen molar-refractivity contribution in [1.82, 2.24) is 9.97 Å². The number of hydrogen-bond acceptors (Lipinski definition) is 5. The molecular weight excluding hydrogens is 369 g/mol. The highest BCUT2D eigenvalue weighted by molar-refractivity contribution is 5.40. The van der Waals surface area contributed by atoms with Crippen LogP contribution in [0.15, 0.2) is 66.9 Å². The Labute approximate surface area is 160 Å². The lowest BCUT2D eigenvalue weighted by Gasteiger charge is -2.10. The topological polar surface area (TPSA) is 59.1 Å². The SMILES string of the molecule is FC(F)(F)c1ccc(CNc2ccnc(NCCOc3ccccc3)n2)cc1. The zero-order valence-corrected chi connectivity index (χ0v) is 14.9. The molecular formula is C20H19F3N4O. The number of rotatable bonds is 8. The number of benzene rings is 2. The van der Waals surface area contributed by atoms with E-state index in [4.69, 9.17) is 4.74 Å². The van der Waals surface area contributed by atoms with Gasteiger partial charge in [-0.1, -0.05) is 30.3 Å². The van der Waals surface area contributed by atoms with E-state index >= 15 is 0 Å². The van der Waals surface area contributed by atoms with Crippen LogP contribution in [0.5, 0.6) is 5.75 Å². The fraction of sp³-hybridized carbons (Fsp3) is 0.200. The van der Waals surface area contributed by atoms with Crippen molar-refractivity contribution >= 4 is 11.8 Å². The first-order valence-corrected chi connectivity index (χ1v) is 8.65. The molecule has 1 aromatic heterocycles. The van der Waals surface area contributed by atoms with Crippen LogP contribution in [0.4, 0.5) is 24.9 Å². The number of ether oxygens (including phenoxy) is 1. The van der Waals surface area contributed by atoms with Gasteiger partial charge in [0.1, 0.15) is 18.2 Å². The Morgan fingerprint density at radius 2 is 1.64 bits per heavy atom. The van der Waals surface area contributed by atoms with E-state index in [1.807, 2.05) is 30.3 Å². The second-order valence-electron chi connectivity index (χ2n) is 5.90. The van der Waals surface area contributed by atoms with Crippen LogP contribution in [-0.2, 0) is 12.7 Å². The van der Waals surface area contributed by atoms with E-state index in [1.165, 1.54) is 12.1 Å². The summed E-state index contributed by atoms with van der Waals surface area (Å²) in [5, 5.41) is 6.14. The molecule has 0 atom stereocenters. The van der Waals surface area contributed by atoms with Crippen LogP contribution in [0.3, 0.4) is 0 Å². The predicted octanol–water partition coefficient (Wildman–Crippen LogP) is 4.60. The third kappa shape index (κ3) is 5.87. The van der Waals surface area contributed by atoms with E-state index in [-0.39, 0.29) is 0 Å². The van der Waals surface area contributed by atoms with Crippen LogP contribution in [-0.4, -0.2) is 23.1 Å². The van der Waals surface area contributed by atoms with Crippen molar-refractivity contribution in [3.05, 3.63) is 78.0 Å². The molecule has 146 valence electrons. The number of alkyl halides is 3. The smallest absolute Gasteiger partial charge is 0.416 e. The van der Waals surface area contributed by atoms with Crippen molar-refractivity contribution in [1.29, 1.82) is 0 Å². The summed E-state index contributed by atoms with van der Waals surface area (Å²) in [5.41, 5.74) is 0.0554. The van der Waals surface area contributed by atoms with Crippen molar-refractivity contribution in [2.24, 2.45) is 0 Å². The molecule has 0 amide bonds. The second kappa shape index (κ2) is 9.07. The first-order chi connectivity index (χ1) is 13.5. The lowest BCUT2D eigenvalue weighted by atomic mass is 10.1. The van der Waals surface area contributed by atoms with Crippen LogP contribution in [0, 0.1) is 0 Å². The Kier molecular flexibility index (Phi) is 6.31. The van der Waals surface area contributed by atoms with Crippen LogP contribution in [0.25, 0.3) is 0 Å². The molecule has 0 fully saturated rings. The Morgan fingerprint density at radius 1 is 0.893 bits per heavy atom. The van der Waals surface area contributed by atoms with E-state index in [0.717, 1.165) is 23.4 Å². The largest absolute Gasteiger partial charge is 0.492 e. The Balaban J connectivity index is 1.46. The molecule has 0 saturated heterocycles. The highest BCUT2D eigenvalue weighted by Crippen LogP contribution is 2.29. The number of para-hydroxylation sites is 1. The third-order valence-corrected chi connectivity index (χ3v) is 3.81. The fourth-order valence-electron chi connectivity index (χ4n) is 2.39. The van der Waals surface area contributed by atoms with Crippen molar-refractivity contribution in [2.75, 3.05) is 23.8 Å². The van der Waals surface area contributed by atoms with Gasteiger partial charge in [0.15, 0.2) is 0 Å². The van der Waals surface area contributed by atoms with E-state index in [2.05, 4.69) is 20.6 Å². The van der Waals surface area contributed by atoms with Gasteiger partial charge >= 0.3 is 6.18 Å². The van der Waals surface area contributed by atoms with Crippen molar-refractivity contribution < 1.29 is 17.9 Å². The first kappa shape index (κ1) is 19.5. The van der Waals surface area contributed by atoms with Crippen molar-refractivity contribution in [2.45, 2.75) is 12.7 Å². The molecule has 3 rings (SSSR count). The highest BCUT2D eigenvalue weighted by Gasteiger charge is 2.29. The summed E-state index contributed by atoms with van der Waals surface area (Å²) in [6.45, 7) is 1.33. The Bertz CT molecular complexity index is 871. The number of nitrogens with zero attached hydrogens (tertiary/aromatic N) is 2. The summed E-state index contributed by atoms with van der Waals surface area (Å²) in [7, 11) is 0. The van der Waals surface area contributed by atoms with Gasteiger partial charge in [-0.15, -0.1) is 0 Å². The molecule has 0 saturated carbocycles. The number of anilines is 2. The normalized spacial score (nSPS) is 11.1. The van der Waals surface area contributed by atoms with Crippen LogP contribution >= 0.6 is 0 Å². The second-order valence-corrected chi connectivity index (χ2v) is 5.90. The molecule has 0 unspecified atom stereocenters. The third-order valence-electron chi connectivity index (χ3n) is 3.81. The minimum Gasteiger partial charge on any atom is -0.492 e. The summed E-state index contributed by atoms with van der Waals surface area (Å²) in [4.78, 5) is 8.46. The summed E-state index contributed by atoms with van der Waals surface area (Å²) >= 11 is 0. The van der Waals surface area contributed by atoms with E-state index in [0.29, 0.717) is 31.5 Å². The van der Waals surface area contributed by atoms with Gasteiger partial charge in [0.25, 0.3) is 0 Å². The number of aromatic nitrogens is 2. The quantitative estimate of drug-likeness (QED) is 0.553. The van der Waals surface area contributed by atoms with Gasteiger partial charge < -0.3 is 15.4 Å². The summed E-state index contributed by atoms with van der Waals surface area (Å²) < 4.78 is 43.4. The maximum atomic E-state index is 12.6. The summed E-state index contributed by atoms with van der Waals surface area (Å²) in [6.07, 6.45) is -2.73. The Morgan fingerprint density at radius 3 is 2.36 bits per heavy atom. The lowest BCUT2D eigenvalue weighted by Crippen LogP contribution is -2.14. The minimum atomic E-state index is -4.33. The van der Waals surface area contributed by atoms with Gasteiger partial charge in [-0.25, -0.2) is 4.98 Å². The first-order valence-electron chi connectivity index (χ1n) is 8.65. The average Bonchev–Trinajstić information content (AvgIpc) is 2.70. The summed E-state index contributed by atoms with van der Waals surface area (Å²) in [5.74, 6) is 1.80. The van der Waals surface area contributed by atoms with Crippen molar-refractivity contribution in [3.8, 4) is 5.75 Å². The maximum absolute atomic E-state index is 12.6. The summed E-state index contributed by atoms with van der Waals surface area (Å²) in [6, 6.07) is 16.2. The van der Waals surface area contributed by atoms with Crippen LogP contribution in [0.1, 0.15) is 11.1 Å². The zero-order chi connectivity index (χ0) is 19.8. The van der Waals surface area contributed by atoms with Crippen LogP contribution in [0.2, 0.25) is 0 Å². The Hall–Kier alpha value is -3.29. The van der Waals surface area contributed by atoms with Gasteiger partial charge in [-0.05, 0) is 35.9 Å². The molecule has 0 bridgehead atoms. The van der Waals surface area contributed by atoms with Crippen LogP contribution < -0.4 is 15.4 Å². The number of nitrogens with one attached hydrogen (secondary N) is 2. The molecule has 2 N–H and O–H groups in total. The molecule has 2 aromatic carbocycles. The monoisotopic (exact) mass is 388 g/mol. The molecule has 1 heterocycles. The average molecular weight is 388 g/mol. The van der Waals surface area contributed by atoms with Gasteiger partial charge in [0.05, 0.1) is 12.1 Å². The molecule has 0 spiro atoms. The maximum Gasteiger partial charge on any atom is 0.416 e. The van der Waals surface area contributed by atoms with Crippen molar-refractivity contribution in [3.63, 3.8) is 0 Å². The standard InChI is InChI=1S/C20H19F3N4O/c21-20(22,23)16-8-6-15(7-9-16)14-26-18-10-11-24-19(27-18)25-12-13-28-17-4-2-1-3-5-17/h1-11H,12-14H2,(H2,24,25,26,27). The number of halogens is 3. The van der Waals surface area contributed by atoms with Gasteiger partial charge in [0.2, 0.25) is 5.95 Å². The van der Waals surface area contributed by atoms with E-state index in [9.17, 15) is 13.2 Å². The molecule has 0 radical (unpaired) electrons. The molecule has 0 aliphatic rings. The molecule has 28 heavy (non-hydrogen) atoms. The molecule has 8 heteroatoms. The highest BCUT2D eigenvalue weighted by atomic mass is 19.4.